The number of ether oxygens (including phenoxy) is 1. The van der Waals surface area contributed by atoms with Gasteiger partial charge >= 0.3 is 0 Å². The van der Waals surface area contributed by atoms with Crippen LogP contribution in [0.25, 0.3) is 0 Å². The van der Waals surface area contributed by atoms with E-state index < -0.39 is 0 Å². The summed E-state index contributed by atoms with van der Waals surface area (Å²) >= 11 is 3.38. The smallest absolute Gasteiger partial charge is 0.259 e. The number of nitrogens with zero attached hydrogens (tertiary/aromatic N) is 1. The van der Waals surface area contributed by atoms with Crippen LogP contribution in [0.2, 0.25) is 0 Å². The van der Waals surface area contributed by atoms with E-state index >= 15 is 0 Å². The van der Waals surface area contributed by atoms with Gasteiger partial charge in [0.05, 0.1) is 4.47 Å². The highest BCUT2D eigenvalue weighted by Crippen LogP contribution is 2.25. The fraction of sp³-hybridized carbons (Fsp3) is 0.364. The minimum absolute atomic E-state index is 0.0533. The lowest BCUT2D eigenvalue weighted by molar-refractivity contribution is -0.130. The van der Waals surface area contributed by atoms with Crippen LogP contribution in [0.1, 0.15) is 5.56 Å². The molecule has 1 aromatic rings. The Labute approximate surface area is 98.2 Å². The Hall–Kier alpha value is -1.03. The summed E-state index contributed by atoms with van der Waals surface area (Å²) in [6.45, 7) is 2.06. The number of hydrogen-bond donors (Lipinski definition) is 0. The van der Waals surface area contributed by atoms with Gasteiger partial charge in [-0.3, -0.25) is 4.79 Å². The van der Waals surface area contributed by atoms with Crippen LogP contribution in [-0.2, 0) is 4.79 Å². The maximum absolute atomic E-state index is 11.3. The molecule has 0 aliphatic rings. The van der Waals surface area contributed by atoms with Crippen LogP contribution < -0.4 is 4.74 Å². The molecule has 4 heteroatoms. The van der Waals surface area contributed by atoms with Crippen LogP contribution >= 0.6 is 15.9 Å². The molecule has 0 aliphatic heterocycles. The lowest BCUT2D eigenvalue weighted by atomic mass is 10.2. The van der Waals surface area contributed by atoms with Crippen molar-refractivity contribution in [3.63, 3.8) is 0 Å². The molecule has 0 saturated carbocycles. The topological polar surface area (TPSA) is 29.5 Å². The molecule has 1 aromatic carbocycles. The summed E-state index contributed by atoms with van der Waals surface area (Å²) in [5, 5.41) is 0. The highest BCUT2D eigenvalue weighted by molar-refractivity contribution is 9.10. The molecular weight excluding hydrogens is 258 g/mol. The summed E-state index contributed by atoms with van der Waals surface area (Å²) in [6.07, 6.45) is 0. The van der Waals surface area contributed by atoms with E-state index in [1.165, 1.54) is 4.90 Å². The number of carbonyl (C=O) groups excluding carboxylic acids is 1. The number of amides is 1. The van der Waals surface area contributed by atoms with E-state index in [4.69, 9.17) is 4.74 Å². The summed E-state index contributed by atoms with van der Waals surface area (Å²) < 4.78 is 6.25. The van der Waals surface area contributed by atoms with Crippen LogP contribution in [0.5, 0.6) is 5.75 Å². The predicted molar refractivity (Wildman–Crippen MR) is 63.1 cm³/mol. The van der Waals surface area contributed by atoms with E-state index in [9.17, 15) is 4.79 Å². The molecule has 1 rings (SSSR count). The van der Waals surface area contributed by atoms with Crippen molar-refractivity contribution in [1.29, 1.82) is 0 Å². The van der Waals surface area contributed by atoms with E-state index in [-0.39, 0.29) is 12.5 Å². The van der Waals surface area contributed by atoms with Crippen molar-refractivity contribution >= 4 is 21.8 Å². The standard InChI is InChI=1S/C11H14BrNO2/c1-8-4-5-10(9(12)6-8)15-7-11(14)13(2)3/h4-6H,7H2,1-3H3. The van der Waals surface area contributed by atoms with Gasteiger partial charge in [0.25, 0.3) is 5.91 Å². The minimum Gasteiger partial charge on any atom is -0.483 e. The zero-order valence-corrected chi connectivity index (χ0v) is 10.7. The summed E-state index contributed by atoms with van der Waals surface area (Å²) in [4.78, 5) is 12.8. The molecule has 0 atom stereocenters. The number of carbonyl (C=O) groups is 1. The average molecular weight is 272 g/mol. The highest BCUT2D eigenvalue weighted by Gasteiger charge is 2.06. The summed E-state index contributed by atoms with van der Waals surface area (Å²) in [5.41, 5.74) is 1.15. The number of hydrogen-bond acceptors (Lipinski definition) is 2. The van der Waals surface area contributed by atoms with Crippen molar-refractivity contribution in [3.8, 4) is 5.75 Å². The van der Waals surface area contributed by atoms with Crippen molar-refractivity contribution < 1.29 is 9.53 Å². The second kappa shape index (κ2) is 5.16. The van der Waals surface area contributed by atoms with Gasteiger partial charge in [0.15, 0.2) is 6.61 Å². The molecule has 0 fully saturated rings. The molecule has 3 nitrogen and oxygen atoms in total. The van der Waals surface area contributed by atoms with Gasteiger partial charge in [0, 0.05) is 14.1 Å². The van der Waals surface area contributed by atoms with Gasteiger partial charge < -0.3 is 9.64 Å². The molecule has 0 aliphatic carbocycles. The van der Waals surface area contributed by atoms with E-state index in [2.05, 4.69) is 15.9 Å². The second-order valence-corrected chi connectivity index (χ2v) is 4.37. The third kappa shape index (κ3) is 3.55. The quantitative estimate of drug-likeness (QED) is 0.844. The summed E-state index contributed by atoms with van der Waals surface area (Å²) in [6, 6.07) is 5.75. The predicted octanol–water partition coefficient (Wildman–Crippen LogP) is 2.22. The highest BCUT2D eigenvalue weighted by atomic mass is 79.9. The second-order valence-electron chi connectivity index (χ2n) is 3.51. The van der Waals surface area contributed by atoms with Crippen molar-refractivity contribution in [2.45, 2.75) is 6.92 Å². The maximum Gasteiger partial charge on any atom is 0.259 e. The van der Waals surface area contributed by atoms with E-state index in [1.807, 2.05) is 25.1 Å². The number of halogens is 1. The van der Waals surface area contributed by atoms with Crippen LogP contribution in [0.15, 0.2) is 22.7 Å². The SMILES string of the molecule is Cc1ccc(OCC(=O)N(C)C)c(Br)c1. The van der Waals surface area contributed by atoms with Crippen molar-refractivity contribution in [1.82, 2.24) is 4.90 Å². The zero-order valence-electron chi connectivity index (χ0n) is 9.08. The molecule has 82 valence electrons. The van der Waals surface area contributed by atoms with Crippen molar-refractivity contribution in [2.24, 2.45) is 0 Å². The van der Waals surface area contributed by atoms with Gasteiger partial charge in [0.2, 0.25) is 0 Å². The van der Waals surface area contributed by atoms with Gasteiger partial charge in [-0.1, -0.05) is 6.07 Å². The lowest BCUT2D eigenvalue weighted by Crippen LogP contribution is -2.27. The zero-order chi connectivity index (χ0) is 11.4. The van der Waals surface area contributed by atoms with Crippen molar-refractivity contribution in [3.05, 3.63) is 28.2 Å². The van der Waals surface area contributed by atoms with Crippen LogP contribution in [0.3, 0.4) is 0 Å². The summed E-state index contributed by atoms with van der Waals surface area (Å²) in [5.74, 6) is 0.637. The van der Waals surface area contributed by atoms with Gasteiger partial charge in [0.1, 0.15) is 5.75 Å². The number of aryl methyl sites for hydroxylation is 1. The molecule has 0 heterocycles. The first-order valence-electron chi connectivity index (χ1n) is 4.60. The molecule has 0 N–H and O–H groups in total. The van der Waals surface area contributed by atoms with Gasteiger partial charge in [-0.15, -0.1) is 0 Å². The molecular formula is C11H14BrNO2. The fourth-order valence-corrected chi connectivity index (χ4v) is 1.60. The van der Waals surface area contributed by atoms with Crippen LogP contribution in [-0.4, -0.2) is 31.5 Å². The molecule has 0 aromatic heterocycles. The van der Waals surface area contributed by atoms with E-state index in [0.29, 0.717) is 5.75 Å². The Morgan fingerprint density at radius 2 is 2.13 bits per heavy atom. The molecule has 15 heavy (non-hydrogen) atoms. The van der Waals surface area contributed by atoms with E-state index in [1.54, 1.807) is 14.1 Å². The largest absolute Gasteiger partial charge is 0.483 e. The molecule has 0 unspecified atom stereocenters. The molecule has 0 spiro atoms. The first kappa shape index (κ1) is 12.0. The van der Waals surface area contributed by atoms with Crippen molar-refractivity contribution in [2.75, 3.05) is 20.7 Å². The Morgan fingerprint density at radius 1 is 1.47 bits per heavy atom. The Balaban J connectivity index is 2.62. The third-order valence-corrected chi connectivity index (χ3v) is 2.56. The molecule has 0 radical (unpaired) electrons. The Morgan fingerprint density at radius 3 is 2.67 bits per heavy atom. The number of benzene rings is 1. The minimum atomic E-state index is -0.0533. The summed E-state index contributed by atoms with van der Waals surface area (Å²) in [7, 11) is 3.41. The molecule has 0 saturated heterocycles. The van der Waals surface area contributed by atoms with Crippen LogP contribution in [0.4, 0.5) is 0 Å². The third-order valence-electron chi connectivity index (χ3n) is 1.94. The van der Waals surface area contributed by atoms with E-state index in [0.717, 1.165) is 10.0 Å². The monoisotopic (exact) mass is 271 g/mol. The average Bonchev–Trinajstić information content (AvgIpc) is 2.15. The van der Waals surface area contributed by atoms with Crippen LogP contribution in [0, 0.1) is 6.92 Å². The fourth-order valence-electron chi connectivity index (χ4n) is 0.992. The maximum atomic E-state index is 11.3. The number of rotatable bonds is 3. The lowest BCUT2D eigenvalue weighted by Gasteiger charge is -2.12. The van der Waals surface area contributed by atoms with Gasteiger partial charge in [-0.25, -0.2) is 0 Å². The first-order chi connectivity index (χ1) is 7.00. The Bertz CT molecular complexity index is 364. The first-order valence-corrected chi connectivity index (χ1v) is 5.39. The number of likely N-dealkylation sites (N-methyl/N-ethyl adjacent to an activating group) is 1. The normalized spacial score (nSPS) is 9.87. The molecule has 1 amide bonds. The Kier molecular flexibility index (Phi) is 4.15. The van der Waals surface area contributed by atoms with Gasteiger partial charge in [-0.05, 0) is 40.5 Å². The van der Waals surface area contributed by atoms with Gasteiger partial charge in [-0.2, -0.15) is 0 Å². The molecule has 0 bridgehead atoms.